The van der Waals surface area contributed by atoms with Crippen molar-refractivity contribution in [3.63, 3.8) is 0 Å². The van der Waals surface area contributed by atoms with Crippen LogP contribution in [0.25, 0.3) is 0 Å². The molecule has 1 N–H and O–H groups in total. The summed E-state index contributed by atoms with van der Waals surface area (Å²) in [5.41, 5.74) is -1.80. The summed E-state index contributed by atoms with van der Waals surface area (Å²) in [7, 11) is 0. The minimum absolute atomic E-state index is 0.0297. The smallest absolute Gasteiger partial charge is 0.347 e. The second kappa shape index (κ2) is 4.56. The number of rotatable bonds is 4. The van der Waals surface area contributed by atoms with Crippen LogP contribution in [0.2, 0.25) is 0 Å². The summed E-state index contributed by atoms with van der Waals surface area (Å²) in [6, 6.07) is 2.30. The molecule has 0 unspecified atom stereocenters. The number of carboxylic acids is 1. The number of pyridine rings is 1. The number of carboxylic acid groups (broad SMARTS) is 1. The number of halogens is 3. The zero-order valence-corrected chi connectivity index (χ0v) is 10.7. The molecule has 1 heterocycles. The molecule has 4 nitrogen and oxygen atoms in total. The van der Waals surface area contributed by atoms with Crippen LogP contribution in [0.4, 0.5) is 8.78 Å². The average Bonchev–Trinajstić information content (AvgIpc) is 2.16. The Morgan fingerprint density at radius 3 is 2.41 bits per heavy atom. The molecule has 0 aliphatic heterocycles. The molecule has 0 saturated heterocycles. The fourth-order valence-corrected chi connectivity index (χ4v) is 1.15. The first-order chi connectivity index (χ1) is 7.63. The highest BCUT2D eigenvalue weighted by molar-refractivity contribution is 9.09. The van der Waals surface area contributed by atoms with Crippen molar-refractivity contribution in [2.75, 3.05) is 0 Å². The monoisotopic (exact) mass is 309 g/mol. The molecule has 17 heavy (non-hydrogen) atoms. The first-order valence-electron chi connectivity index (χ1n) is 4.58. The highest BCUT2D eigenvalue weighted by Crippen LogP contribution is 2.34. The van der Waals surface area contributed by atoms with E-state index < -0.39 is 16.4 Å². The first kappa shape index (κ1) is 13.8. The number of carbonyl (C=O) groups is 1. The first-order valence-corrected chi connectivity index (χ1v) is 5.38. The summed E-state index contributed by atoms with van der Waals surface area (Å²) in [4.78, 5) is 11.2. The number of aromatic nitrogens is 1. The molecule has 0 aliphatic rings. The molecular formula is C10H10BrF2NO3. The van der Waals surface area contributed by atoms with E-state index in [2.05, 4.69) is 20.9 Å². The van der Waals surface area contributed by atoms with Crippen LogP contribution in [0.3, 0.4) is 0 Å². The lowest BCUT2D eigenvalue weighted by molar-refractivity contribution is -0.152. The molecule has 1 aromatic heterocycles. The van der Waals surface area contributed by atoms with Crippen LogP contribution in [0, 0.1) is 0 Å². The van der Waals surface area contributed by atoms with Gasteiger partial charge in [-0.1, -0.05) is 0 Å². The van der Waals surface area contributed by atoms with Crippen molar-refractivity contribution < 1.29 is 23.4 Å². The van der Waals surface area contributed by atoms with Crippen LogP contribution >= 0.6 is 15.9 Å². The number of hydrogen-bond acceptors (Lipinski definition) is 3. The molecule has 94 valence electrons. The van der Waals surface area contributed by atoms with Crippen molar-refractivity contribution >= 4 is 21.9 Å². The molecule has 0 bridgehead atoms. The van der Waals surface area contributed by atoms with E-state index in [1.165, 1.54) is 19.9 Å². The van der Waals surface area contributed by atoms with E-state index in [4.69, 9.17) is 9.84 Å². The van der Waals surface area contributed by atoms with E-state index in [0.717, 1.165) is 12.3 Å². The van der Waals surface area contributed by atoms with Gasteiger partial charge in [0.2, 0.25) is 11.5 Å². The lowest BCUT2D eigenvalue weighted by Crippen LogP contribution is -2.38. The van der Waals surface area contributed by atoms with Gasteiger partial charge in [-0.15, -0.1) is 0 Å². The Morgan fingerprint density at radius 2 is 2.06 bits per heavy atom. The van der Waals surface area contributed by atoms with Crippen LogP contribution in [0.1, 0.15) is 19.4 Å². The van der Waals surface area contributed by atoms with Crippen molar-refractivity contribution in [1.82, 2.24) is 4.98 Å². The number of ether oxygens (including phenoxy) is 1. The Kier molecular flexibility index (Phi) is 3.71. The number of aliphatic carboxylic acids is 1. The normalized spacial score (nSPS) is 12.3. The van der Waals surface area contributed by atoms with Gasteiger partial charge < -0.3 is 9.84 Å². The zero-order chi connectivity index (χ0) is 13.3. The van der Waals surface area contributed by atoms with Gasteiger partial charge in [-0.3, -0.25) is 0 Å². The lowest BCUT2D eigenvalue weighted by atomic mass is 10.1. The predicted molar refractivity (Wildman–Crippen MR) is 59.4 cm³/mol. The van der Waals surface area contributed by atoms with Gasteiger partial charge in [0, 0.05) is 12.3 Å². The summed E-state index contributed by atoms with van der Waals surface area (Å²) in [5, 5.41) is 8.81. The van der Waals surface area contributed by atoms with Gasteiger partial charge in [-0.25, -0.2) is 9.78 Å². The molecule has 1 rings (SSSR count). The standard InChI is InChI=1S/C10H10BrF2NO3/c1-9(2,8(15)16)17-7-4-3-6(5-14-7)10(11,12)13/h3-5H,1-2H3,(H,15,16). The Hall–Kier alpha value is -1.24. The summed E-state index contributed by atoms with van der Waals surface area (Å²) < 4.78 is 30.6. The molecule has 0 fully saturated rings. The van der Waals surface area contributed by atoms with Crippen molar-refractivity contribution in [3.05, 3.63) is 23.9 Å². The zero-order valence-electron chi connectivity index (χ0n) is 9.08. The fourth-order valence-electron chi connectivity index (χ4n) is 0.913. The third-order valence-electron chi connectivity index (χ3n) is 1.94. The topological polar surface area (TPSA) is 59.4 Å². The van der Waals surface area contributed by atoms with Crippen molar-refractivity contribution in [1.29, 1.82) is 0 Å². The molecule has 0 amide bonds. The maximum atomic E-state index is 12.8. The third kappa shape index (κ3) is 3.62. The summed E-state index contributed by atoms with van der Waals surface area (Å²) >= 11 is 2.19. The quantitative estimate of drug-likeness (QED) is 0.869. The van der Waals surface area contributed by atoms with Gasteiger partial charge >= 0.3 is 10.8 Å². The maximum absolute atomic E-state index is 12.8. The van der Waals surface area contributed by atoms with Gasteiger partial charge in [0.15, 0.2) is 0 Å². The predicted octanol–water partition coefficient (Wildman–Crippen LogP) is 2.77. The molecule has 1 aromatic rings. The minimum atomic E-state index is -3.17. The molecule has 7 heteroatoms. The second-order valence-electron chi connectivity index (χ2n) is 3.80. The fraction of sp³-hybridized carbons (Fsp3) is 0.400. The molecule has 0 aromatic carbocycles. The molecule has 0 spiro atoms. The Morgan fingerprint density at radius 1 is 1.47 bits per heavy atom. The van der Waals surface area contributed by atoms with Gasteiger partial charge in [0.05, 0.1) is 5.56 Å². The number of alkyl halides is 3. The van der Waals surface area contributed by atoms with Gasteiger partial charge in [0.25, 0.3) is 0 Å². The van der Waals surface area contributed by atoms with Crippen molar-refractivity contribution in [3.8, 4) is 5.88 Å². The molecule has 0 saturated carbocycles. The average molecular weight is 310 g/mol. The number of hydrogen-bond donors (Lipinski definition) is 1. The minimum Gasteiger partial charge on any atom is -0.478 e. The second-order valence-corrected chi connectivity index (χ2v) is 4.80. The van der Waals surface area contributed by atoms with Gasteiger partial charge in [-0.2, -0.15) is 8.78 Å². The van der Waals surface area contributed by atoms with Crippen LogP contribution in [-0.4, -0.2) is 21.7 Å². The van der Waals surface area contributed by atoms with Gasteiger partial charge in [-0.05, 0) is 35.8 Å². The van der Waals surface area contributed by atoms with Crippen molar-refractivity contribution in [2.24, 2.45) is 0 Å². The van der Waals surface area contributed by atoms with E-state index in [1.54, 1.807) is 0 Å². The largest absolute Gasteiger partial charge is 0.478 e. The Balaban J connectivity index is 2.86. The summed E-state index contributed by atoms with van der Waals surface area (Å²) in [6.45, 7) is 2.67. The van der Waals surface area contributed by atoms with Gasteiger partial charge in [0.1, 0.15) is 0 Å². The van der Waals surface area contributed by atoms with Crippen LogP contribution in [0.15, 0.2) is 18.3 Å². The molecular weight excluding hydrogens is 300 g/mol. The number of nitrogens with zero attached hydrogens (tertiary/aromatic N) is 1. The molecule has 0 radical (unpaired) electrons. The highest BCUT2D eigenvalue weighted by Gasteiger charge is 2.31. The van der Waals surface area contributed by atoms with Crippen LogP contribution in [0.5, 0.6) is 5.88 Å². The Labute approximate surface area is 105 Å². The summed E-state index contributed by atoms with van der Waals surface area (Å²) in [5.74, 6) is -1.20. The van der Waals surface area contributed by atoms with Crippen molar-refractivity contribution in [2.45, 2.75) is 24.3 Å². The summed E-state index contributed by atoms with van der Waals surface area (Å²) in [6.07, 6.45) is 0.919. The van der Waals surface area contributed by atoms with E-state index >= 15 is 0 Å². The van der Waals surface area contributed by atoms with E-state index in [0.29, 0.717) is 0 Å². The van der Waals surface area contributed by atoms with E-state index in [-0.39, 0.29) is 11.4 Å². The lowest BCUT2D eigenvalue weighted by Gasteiger charge is -2.20. The Bertz CT molecular complexity index is 415. The SMILES string of the molecule is CC(C)(Oc1ccc(C(F)(F)Br)cn1)C(=O)O. The maximum Gasteiger partial charge on any atom is 0.347 e. The van der Waals surface area contributed by atoms with Crippen LogP contribution in [-0.2, 0) is 9.63 Å². The van der Waals surface area contributed by atoms with Crippen LogP contribution < -0.4 is 4.74 Å². The van der Waals surface area contributed by atoms with E-state index in [9.17, 15) is 13.6 Å². The van der Waals surface area contributed by atoms with E-state index in [1.807, 2.05) is 0 Å². The third-order valence-corrected chi connectivity index (χ3v) is 2.40. The highest BCUT2D eigenvalue weighted by atomic mass is 79.9. The molecule has 0 aliphatic carbocycles. The molecule has 0 atom stereocenters.